The van der Waals surface area contributed by atoms with Gasteiger partial charge in [0.25, 0.3) is 0 Å². The molecule has 0 unspecified atom stereocenters. The number of nitrogens with one attached hydrogen (secondary N) is 1. The molecule has 0 aliphatic heterocycles. The Kier molecular flexibility index (Phi) is 8.87. The van der Waals surface area contributed by atoms with Gasteiger partial charge in [-0.05, 0) is 42.5 Å². The number of nitrogens with zero attached hydrogens (tertiary/aromatic N) is 1. The number of benzene rings is 1. The monoisotopic (exact) mass is 320 g/mol. The molecule has 0 spiro atoms. The highest BCUT2D eigenvalue weighted by molar-refractivity contribution is 8.68. The molecule has 1 N–H and O–H groups in total. The average Bonchev–Trinajstić information content (AvgIpc) is 2.53. The Morgan fingerprint density at radius 2 is 2.00 bits per heavy atom. The van der Waals surface area contributed by atoms with Crippen LogP contribution in [0.1, 0.15) is 12.5 Å². The first-order valence-corrected chi connectivity index (χ1v) is 9.01. The van der Waals surface area contributed by atoms with E-state index in [9.17, 15) is 0 Å². The van der Waals surface area contributed by atoms with Gasteiger partial charge in [0.2, 0.25) is 0 Å². The highest BCUT2D eigenvalue weighted by atomic mass is 33.1. The van der Waals surface area contributed by atoms with Crippen LogP contribution >= 0.6 is 22.5 Å². The Bertz CT molecular complexity index is 490. The quantitative estimate of drug-likeness (QED) is 0.420. The molecule has 0 radical (unpaired) electrons. The minimum Gasteiger partial charge on any atom is -0.394 e. The van der Waals surface area contributed by atoms with E-state index in [4.69, 9.17) is 0 Å². The van der Waals surface area contributed by atoms with E-state index in [1.165, 1.54) is 16.8 Å². The van der Waals surface area contributed by atoms with Gasteiger partial charge in [0, 0.05) is 32.1 Å². The molecule has 0 saturated heterocycles. The predicted octanol–water partition coefficient (Wildman–Crippen LogP) is 4.39. The lowest BCUT2D eigenvalue weighted by molar-refractivity contribution is 0.979. The van der Waals surface area contributed by atoms with Gasteiger partial charge >= 0.3 is 0 Å². The summed E-state index contributed by atoms with van der Waals surface area (Å²) in [5.74, 6) is 1.02. The van der Waals surface area contributed by atoms with Crippen molar-refractivity contribution >= 4 is 34.2 Å². The van der Waals surface area contributed by atoms with Crippen molar-refractivity contribution in [2.75, 3.05) is 31.3 Å². The summed E-state index contributed by atoms with van der Waals surface area (Å²) in [6.45, 7) is 3.04. The normalized spacial score (nSPS) is 12.3. The van der Waals surface area contributed by atoms with Crippen LogP contribution in [0.25, 0.3) is 6.08 Å². The summed E-state index contributed by atoms with van der Waals surface area (Å²) >= 11 is 4.17. The van der Waals surface area contributed by atoms with Gasteiger partial charge in [-0.25, -0.2) is 0 Å². The fourth-order valence-corrected chi connectivity index (χ4v) is 2.37. The fraction of sp³-hybridized carbons (Fsp3) is 0.294. The number of allylic oxidation sites excluding steroid dienone is 4. The van der Waals surface area contributed by atoms with Gasteiger partial charge in [0.15, 0.2) is 0 Å². The lowest BCUT2D eigenvalue weighted by atomic mass is 10.1. The van der Waals surface area contributed by atoms with E-state index in [0.717, 1.165) is 12.3 Å². The smallest absolute Gasteiger partial charge is 0.0364 e. The molecular formula is C17H24N2S2. The topological polar surface area (TPSA) is 15.3 Å². The van der Waals surface area contributed by atoms with Crippen molar-refractivity contribution in [3.8, 4) is 0 Å². The zero-order chi connectivity index (χ0) is 15.5. The largest absolute Gasteiger partial charge is 0.394 e. The number of hydrogen-bond donors (Lipinski definition) is 2. The van der Waals surface area contributed by atoms with Crippen LogP contribution in [0.2, 0.25) is 0 Å². The van der Waals surface area contributed by atoms with Crippen LogP contribution in [0.5, 0.6) is 0 Å². The maximum absolute atomic E-state index is 4.17. The van der Waals surface area contributed by atoms with Gasteiger partial charge in [-0.3, -0.25) is 0 Å². The third kappa shape index (κ3) is 6.82. The highest BCUT2D eigenvalue weighted by Crippen LogP contribution is 2.16. The summed E-state index contributed by atoms with van der Waals surface area (Å²) in [7, 11) is 5.58. The molecule has 114 valence electrons. The molecule has 0 aromatic heterocycles. The molecule has 4 heteroatoms. The molecule has 21 heavy (non-hydrogen) atoms. The molecule has 1 aromatic rings. The number of thiol groups is 1. The summed E-state index contributed by atoms with van der Waals surface area (Å²) in [5, 5.41) is 3.00. The molecule has 0 fully saturated rings. The fourth-order valence-electron chi connectivity index (χ4n) is 1.77. The minimum atomic E-state index is 1.00. The lowest BCUT2D eigenvalue weighted by Gasteiger charge is -2.18. The number of hydrogen-bond acceptors (Lipinski definition) is 4. The summed E-state index contributed by atoms with van der Waals surface area (Å²) in [5.41, 5.74) is 3.61. The van der Waals surface area contributed by atoms with Gasteiger partial charge in [0.05, 0.1) is 0 Å². The Labute approximate surface area is 137 Å². The second-order valence-electron chi connectivity index (χ2n) is 4.59. The van der Waals surface area contributed by atoms with E-state index in [1.807, 2.05) is 26.2 Å². The maximum Gasteiger partial charge on any atom is 0.0364 e. The zero-order valence-corrected chi connectivity index (χ0v) is 14.6. The first-order chi connectivity index (χ1) is 10.2. The molecule has 0 aliphatic rings. The molecule has 0 bridgehead atoms. The Hall–Kier alpha value is -1.26. The van der Waals surface area contributed by atoms with E-state index in [2.05, 4.69) is 71.4 Å². The standard InChI is InChI=1S/C17H24N2S2/c1-4-15(11-12-18-2)5-6-16-7-9-17(10-8-16)19(3)13-14-21-20/h4-12,18,20H,13-14H2,1-3H3/b6-5+,12-11-,15-4-. The number of anilines is 1. The Morgan fingerprint density at radius 1 is 1.29 bits per heavy atom. The summed E-state index contributed by atoms with van der Waals surface area (Å²) in [6, 6.07) is 8.60. The van der Waals surface area contributed by atoms with Gasteiger partial charge in [-0.15, -0.1) is 11.7 Å². The van der Waals surface area contributed by atoms with Crippen molar-refractivity contribution in [1.82, 2.24) is 5.32 Å². The van der Waals surface area contributed by atoms with Crippen molar-refractivity contribution in [1.29, 1.82) is 0 Å². The molecule has 0 aliphatic carbocycles. The van der Waals surface area contributed by atoms with Crippen molar-refractivity contribution in [3.63, 3.8) is 0 Å². The van der Waals surface area contributed by atoms with Crippen molar-refractivity contribution in [3.05, 3.63) is 59.8 Å². The van der Waals surface area contributed by atoms with Crippen LogP contribution in [0.4, 0.5) is 5.69 Å². The number of rotatable bonds is 8. The SMILES string of the molecule is C/C=C(\C=C/NC)/C=C/c1ccc(N(C)CCSS)cc1. The van der Waals surface area contributed by atoms with E-state index in [-0.39, 0.29) is 0 Å². The van der Waals surface area contributed by atoms with E-state index in [1.54, 1.807) is 10.8 Å². The van der Waals surface area contributed by atoms with Gasteiger partial charge in [-0.1, -0.05) is 41.2 Å². The average molecular weight is 321 g/mol. The molecule has 0 atom stereocenters. The molecular weight excluding hydrogens is 296 g/mol. The lowest BCUT2D eigenvalue weighted by Crippen LogP contribution is -2.19. The first kappa shape index (κ1) is 17.8. The Morgan fingerprint density at radius 3 is 2.57 bits per heavy atom. The highest BCUT2D eigenvalue weighted by Gasteiger charge is 1.99. The third-order valence-electron chi connectivity index (χ3n) is 3.10. The van der Waals surface area contributed by atoms with Gasteiger partial charge in [0.1, 0.15) is 0 Å². The minimum absolute atomic E-state index is 1.00. The van der Waals surface area contributed by atoms with Crippen molar-refractivity contribution < 1.29 is 0 Å². The zero-order valence-electron chi connectivity index (χ0n) is 12.9. The molecule has 0 heterocycles. The predicted molar refractivity (Wildman–Crippen MR) is 102 cm³/mol. The van der Waals surface area contributed by atoms with Crippen molar-refractivity contribution in [2.45, 2.75) is 6.92 Å². The molecule has 1 rings (SSSR count). The molecule has 0 saturated carbocycles. The summed E-state index contributed by atoms with van der Waals surface area (Å²) in [4.78, 5) is 2.24. The molecule has 2 nitrogen and oxygen atoms in total. The summed E-state index contributed by atoms with van der Waals surface area (Å²) < 4.78 is 0. The van der Waals surface area contributed by atoms with E-state index < -0.39 is 0 Å². The maximum atomic E-state index is 4.17. The van der Waals surface area contributed by atoms with Gasteiger partial charge in [-0.2, -0.15) is 0 Å². The van der Waals surface area contributed by atoms with E-state index >= 15 is 0 Å². The molecule has 1 aromatic carbocycles. The van der Waals surface area contributed by atoms with E-state index in [0.29, 0.717) is 0 Å². The van der Waals surface area contributed by atoms with Crippen LogP contribution in [0, 0.1) is 0 Å². The summed E-state index contributed by atoms with van der Waals surface area (Å²) in [6.07, 6.45) is 10.3. The van der Waals surface area contributed by atoms with Crippen LogP contribution in [-0.4, -0.2) is 26.4 Å². The van der Waals surface area contributed by atoms with Crippen LogP contribution in [0.3, 0.4) is 0 Å². The van der Waals surface area contributed by atoms with Crippen molar-refractivity contribution in [2.24, 2.45) is 0 Å². The Balaban J connectivity index is 2.67. The van der Waals surface area contributed by atoms with Crippen LogP contribution in [0.15, 0.2) is 54.3 Å². The second kappa shape index (κ2) is 10.5. The second-order valence-corrected chi connectivity index (χ2v) is 6.03. The molecule has 0 amide bonds. The van der Waals surface area contributed by atoms with Crippen LogP contribution in [-0.2, 0) is 0 Å². The third-order valence-corrected chi connectivity index (χ3v) is 4.01. The van der Waals surface area contributed by atoms with Gasteiger partial charge < -0.3 is 10.2 Å². The first-order valence-electron chi connectivity index (χ1n) is 6.97. The van der Waals surface area contributed by atoms with Crippen LogP contribution < -0.4 is 10.2 Å².